The van der Waals surface area contributed by atoms with Gasteiger partial charge in [-0.1, -0.05) is 0 Å². The Labute approximate surface area is 123 Å². The molecule has 0 aromatic carbocycles. The zero-order valence-electron chi connectivity index (χ0n) is 12.4. The van der Waals surface area contributed by atoms with E-state index in [-0.39, 0.29) is 18.5 Å². The molecule has 6 heteroatoms. The minimum atomic E-state index is -0.837. The topological polar surface area (TPSA) is 69.6 Å². The Kier molecular flexibility index (Phi) is 6.01. The molecule has 1 heterocycles. The van der Waals surface area contributed by atoms with Crippen molar-refractivity contribution in [2.45, 2.75) is 39.7 Å². The zero-order chi connectivity index (χ0) is 15.3. The third kappa shape index (κ3) is 4.85. The van der Waals surface area contributed by atoms with E-state index >= 15 is 0 Å². The minimum Gasteiger partial charge on any atom is -0.481 e. The van der Waals surface area contributed by atoms with Gasteiger partial charge < -0.3 is 15.3 Å². The van der Waals surface area contributed by atoms with Crippen LogP contribution in [0.15, 0.2) is 6.07 Å². The summed E-state index contributed by atoms with van der Waals surface area (Å²) < 4.78 is 0. The Morgan fingerprint density at radius 2 is 2.10 bits per heavy atom. The fourth-order valence-corrected chi connectivity index (χ4v) is 3.04. The second kappa shape index (κ2) is 7.28. The maximum atomic E-state index is 12.0. The van der Waals surface area contributed by atoms with Crippen LogP contribution in [0.5, 0.6) is 0 Å². The van der Waals surface area contributed by atoms with Crippen LogP contribution in [0, 0.1) is 13.8 Å². The quantitative estimate of drug-likeness (QED) is 0.848. The molecule has 2 N–H and O–H groups in total. The van der Waals surface area contributed by atoms with E-state index in [4.69, 9.17) is 5.11 Å². The zero-order valence-corrected chi connectivity index (χ0v) is 13.2. The van der Waals surface area contributed by atoms with Gasteiger partial charge in [0.05, 0.1) is 6.04 Å². The van der Waals surface area contributed by atoms with Crippen LogP contribution in [0.2, 0.25) is 0 Å². The van der Waals surface area contributed by atoms with E-state index in [0.29, 0.717) is 13.0 Å². The molecule has 1 unspecified atom stereocenters. The lowest BCUT2D eigenvalue weighted by molar-refractivity contribution is -0.137. The van der Waals surface area contributed by atoms with E-state index in [9.17, 15) is 9.59 Å². The van der Waals surface area contributed by atoms with Gasteiger partial charge in [0.2, 0.25) is 0 Å². The number of hydrogen-bond donors (Lipinski definition) is 2. The van der Waals surface area contributed by atoms with E-state index < -0.39 is 5.97 Å². The first kappa shape index (κ1) is 16.5. The molecule has 5 nitrogen and oxygen atoms in total. The molecule has 0 saturated carbocycles. The van der Waals surface area contributed by atoms with Crippen LogP contribution in [0.3, 0.4) is 0 Å². The number of rotatable bonds is 6. The SMILES string of the molecule is Cc1cc(C(C)NC(=O)N(C)CCCC(=O)O)c(C)s1. The van der Waals surface area contributed by atoms with Gasteiger partial charge in [0.1, 0.15) is 0 Å². The van der Waals surface area contributed by atoms with Crippen molar-refractivity contribution in [3.05, 3.63) is 21.4 Å². The fourth-order valence-electron chi connectivity index (χ4n) is 2.02. The molecule has 112 valence electrons. The Hall–Kier alpha value is -1.56. The Bertz CT molecular complexity index is 485. The van der Waals surface area contributed by atoms with Gasteiger partial charge in [0, 0.05) is 29.8 Å². The van der Waals surface area contributed by atoms with Crippen molar-refractivity contribution < 1.29 is 14.7 Å². The number of carboxylic acids is 1. The number of nitrogens with one attached hydrogen (secondary N) is 1. The van der Waals surface area contributed by atoms with Crippen LogP contribution in [-0.2, 0) is 4.79 Å². The van der Waals surface area contributed by atoms with Gasteiger partial charge in [-0.15, -0.1) is 11.3 Å². The third-order valence-electron chi connectivity index (χ3n) is 3.12. The normalized spacial score (nSPS) is 12.0. The van der Waals surface area contributed by atoms with Crippen molar-refractivity contribution in [3.8, 4) is 0 Å². The highest BCUT2D eigenvalue weighted by Gasteiger charge is 2.16. The molecule has 1 aromatic heterocycles. The summed E-state index contributed by atoms with van der Waals surface area (Å²) in [6.07, 6.45) is 0.542. The first-order valence-electron chi connectivity index (χ1n) is 6.61. The summed E-state index contributed by atoms with van der Waals surface area (Å²) in [7, 11) is 1.68. The van der Waals surface area contributed by atoms with Crippen molar-refractivity contribution in [3.63, 3.8) is 0 Å². The predicted molar refractivity (Wildman–Crippen MR) is 80.2 cm³/mol. The Balaban J connectivity index is 2.48. The number of aliphatic carboxylic acids is 1. The number of carboxylic acid groups (broad SMARTS) is 1. The van der Waals surface area contributed by atoms with Gasteiger partial charge in [-0.05, 0) is 38.8 Å². The maximum absolute atomic E-state index is 12.0. The van der Waals surface area contributed by atoms with Crippen molar-refractivity contribution in [2.75, 3.05) is 13.6 Å². The molecule has 0 aliphatic rings. The summed E-state index contributed by atoms with van der Waals surface area (Å²) >= 11 is 1.72. The monoisotopic (exact) mass is 298 g/mol. The molecule has 2 amide bonds. The summed E-state index contributed by atoms with van der Waals surface area (Å²) in [4.78, 5) is 26.4. The molecular weight excluding hydrogens is 276 g/mol. The number of nitrogens with zero attached hydrogens (tertiary/aromatic N) is 1. The minimum absolute atomic E-state index is 0.0469. The molecule has 0 bridgehead atoms. The van der Waals surface area contributed by atoms with Gasteiger partial charge in [0.25, 0.3) is 0 Å². The molecule has 0 aliphatic carbocycles. The van der Waals surface area contributed by atoms with E-state index in [1.807, 2.05) is 20.8 Å². The summed E-state index contributed by atoms with van der Waals surface area (Å²) in [5, 5.41) is 11.5. The smallest absolute Gasteiger partial charge is 0.317 e. The Morgan fingerprint density at radius 1 is 1.45 bits per heavy atom. The van der Waals surface area contributed by atoms with Crippen LogP contribution in [0.4, 0.5) is 4.79 Å². The van der Waals surface area contributed by atoms with E-state index in [1.165, 1.54) is 14.7 Å². The first-order chi connectivity index (χ1) is 9.31. The molecule has 1 rings (SSSR count). The summed E-state index contributed by atoms with van der Waals surface area (Å²) in [5.41, 5.74) is 1.14. The molecule has 0 radical (unpaired) electrons. The molecule has 1 aromatic rings. The van der Waals surface area contributed by atoms with Crippen LogP contribution in [0.25, 0.3) is 0 Å². The third-order valence-corrected chi connectivity index (χ3v) is 4.10. The molecule has 20 heavy (non-hydrogen) atoms. The predicted octanol–water partition coefficient (Wildman–Crippen LogP) is 2.93. The average Bonchev–Trinajstić information content (AvgIpc) is 2.67. The number of carbonyl (C=O) groups is 2. The number of carbonyl (C=O) groups excluding carboxylic acids is 1. The summed E-state index contributed by atoms with van der Waals surface area (Å²) in [5.74, 6) is -0.837. The van der Waals surface area contributed by atoms with Gasteiger partial charge in [-0.2, -0.15) is 0 Å². The Morgan fingerprint density at radius 3 is 2.60 bits per heavy atom. The standard InChI is InChI=1S/C14H22N2O3S/c1-9-8-12(11(3)20-9)10(2)15-14(19)16(4)7-5-6-13(17)18/h8,10H,5-7H2,1-4H3,(H,15,19)(H,17,18). The molecular formula is C14H22N2O3S. The van der Waals surface area contributed by atoms with Crippen LogP contribution >= 0.6 is 11.3 Å². The highest BCUT2D eigenvalue weighted by Crippen LogP contribution is 2.26. The van der Waals surface area contributed by atoms with E-state index in [1.54, 1.807) is 18.4 Å². The molecule has 0 aliphatic heterocycles. The fraction of sp³-hybridized carbons (Fsp3) is 0.571. The van der Waals surface area contributed by atoms with E-state index in [0.717, 1.165) is 5.56 Å². The second-order valence-electron chi connectivity index (χ2n) is 4.96. The van der Waals surface area contributed by atoms with E-state index in [2.05, 4.69) is 11.4 Å². The first-order valence-corrected chi connectivity index (χ1v) is 7.43. The lowest BCUT2D eigenvalue weighted by atomic mass is 10.1. The van der Waals surface area contributed by atoms with Crippen LogP contribution in [0.1, 0.15) is 41.1 Å². The number of hydrogen-bond acceptors (Lipinski definition) is 3. The van der Waals surface area contributed by atoms with Gasteiger partial charge in [-0.3, -0.25) is 4.79 Å². The number of aryl methyl sites for hydroxylation is 2. The van der Waals surface area contributed by atoms with Gasteiger partial charge >= 0.3 is 12.0 Å². The highest BCUT2D eigenvalue weighted by atomic mass is 32.1. The maximum Gasteiger partial charge on any atom is 0.317 e. The average molecular weight is 298 g/mol. The number of amides is 2. The molecule has 0 spiro atoms. The van der Waals surface area contributed by atoms with Crippen molar-refractivity contribution in [1.29, 1.82) is 0 Å². The lowest BCUT2D eigenvalue weighted by Gasteiger charge is -2.21. The van der Waals surface area contributed by atoms with Crippen LogP contribution in [-0.4, -0.2) is 35.6 Å². The molecule has 0 saturated heterocycles. The van der Waals surface area contributed by atoms with Gasteiger partial charge in [0.15, 0.2) is 0 Å². The van der Waals surface area contributed by atoms with Crippen molar-refractivity contribution in [2.24, 2.45) is 0 Å². The highest BCUT2D eigenvalue weighted by molar-refractivity contribution is 7.12. The summed E-state index contributed by atoms with van der Waals surface area (Å²) in [6.45, 7) is 6.49. The number of thiophene rings is 1. The molecule has 1 atom stereocenters. The second-order valence-corrected chi connectivity index (χ2v) is 6.42. The van der Waals surface area contributed by atoms with Crippen LogP contribution < -0.4 is 5.32 Å². The largest absolute Gasteiger partial charge is 0.481 e. The number of urea groups is 1. The summed E-state index contributed by atoms with van der Waals surface area (Å²) in [6, 6.07) is 1.87. The molecule has 0 fully saturated rings. The van der Waals surface area contributed by atoms with Gasteiger partial charge in [-0.25, -0.2) is 4.79 Å². The van der Waals surface area contributed by atoms with Crippen molar-refractivity contribution >= 4 is 23.3 Å². The van der Waals surface area contributed by atoms with Crippen molar-refractivity contribution in [1.82, 2.24) is 10.2 Å². The lowest BCUT2D eigenvalue weighted by Crippen LogP contribution is -2.39.